The van der Waals surface area contributed by atoms with Gasteiger partial charge in [0.05, 0.1) is 5.41 Å². The van der Waals surface area contributed by atoms with Crippen molar-refractivity contribution in [2.24, 2.45) is 0 Å². The van der Waals surface area contributed by atoms with Gasteiger partial charge in [0.1, 0.15) is 0 Å². The molecule has 0 radical (unpaired) electrons. The number of rotatable bonds is 6. The molecule has 2 aliphatic rings. The van der Waals surface area contributed by atoms with Gasteiger partial charge in [-0.15, -0.1) is 0 Å². The minimum atomic E-state index is -0.576. The molecule has 0 amide bonds. The monoisotopic (exact) mass is 828 g/mol. The standard InChI is InChI=1S/C63H44N2/c1-41-17-9-15-27-58(41)64(46-20-5-3-6-21-46)48-32-36-51-44(39-48)29-34-53-54-35-30-45-40-49(65(47-22-7-4-8-23-47)59-28-16-10-18-42(59)2)33-37-52(45)62(54)63(61(51)53)56-26-14-13-25-55(56)60-50-24-12-11-19-43(50)31-38-57(60)63/h3-40H,1-2H3. The van der Waals surface area contributed by atoms with Crippen molar-refractivity contribution in [1.29, 1.82) is 0 Å². The van der Waals surface area contributed by atoms with Crippen LogP contribution in [0.2, 0.25) is 0 Å². The van der Waals surface area contributed by atoms with Gasteiger partial charge in [0.25, 0.3) is 0 Å². The van der Waals surface area contributed by atoms with Crippen LogP contribution in [0, 0.1) is 13.8 Å². The van der Waals surface area contributed by atoms with Crippen LogP contribution in [0.1, 0.15) is 33.4 Å². The van der Waals surface area contributed by atoms with E-state index in [1.54, 1.807) is 0 Å². The summed E-state index contributed by atoms with van der Waals surface area (Å²) in [5, 5.41) is 7.54. The van der Waals surface area contributed by atoms with Crippen LogP contribution in [0.4, 0.5) is 34.1 Å². The SMILES string of the molecule is Cc1ccccc1N(c1ccccc1)c1ccc2c3c(ccc2c1)-c1ccc2cc(N(c4ccccc4)c4ccccc4C)ccc2c1C31c2ccccc2-c2c1ccc1ccccc21. The summed E-state index contributed by atoms with van der Waals surface area (Å²) >= 11 is 0. The molecule has 2 nitrogen and oxygen atoms in total. The molecule has 1 spiro atoms. The molecule has 0 fully saturated rings. The van der Waals surface area contributed by atoms with Crippen molar-refractivity contribution < 1.29 is 0 Å². The summed E-state index contributed by atoms with van der Waals surface area (Å²) in [4.78, 5) is 4.80. The molecule has 0 N–H and O–H groups in total. The van der Waals surface area contributed by atoms with E-state index in [4.69, 9.17) is 0 Å². The molecule has 0 saturated heterocycles. The fourth-order valence-corrected chi connectivity index (χ4v) is 11.5. The number of hydrogen-bond donors (Lipinski definition) is 0. The quantitative estimate of drug-likeness (QED) is 0.165. The Hall–Kier alpha value is -8.20. The lowest BCUT2D eigenvalue weighted by molar-refractivity contribution is 0.810. The lowest BCUT2D eigenvalue weighted by Gasteiger charge is -2.33. The van der Waals surface area contributed by atoms with Crippen molar-refractivity contribution in [2.75, 3.05) is 9.80 Å². The molecular weight excluding hydrogens is 785 g/mol. The van der Waals surface area contributed by atoms with Crippen LogP contribution < -0.4 is 9.80 Å². The molecule has 0 saturated carbocycles. The van der Waals surface area contributed by atoms with E-state index >= 15 is 0 Å². The maximum Gasteiger partial charge on any atom is 0.0737 e. The first kappa shape index (κ1) is 37.4. The van der Waals surface area contributed by atoms with Gasteiger partial charge in [-0.3, -0.25) is 0 Å². The Morgan fingerprint density at radius 2 is 0.785 bits per heavy atom. The summed E-state index contributed by atoms with van der Waals surface area (Å²) < 4.78 is 0. The van der Waals surface area contributed by atoms with E-state index in [1.165, 1.54) is 99.3 Å². The highest BCUT2D eigenvalue weighted by Crippen LogP contribution is 2.66. The van der Waals surface area contributed by atoms with Crippen molar-refractivity contribution >= 4 is 66.4 Å². The summed E-state index contributed by atoms with van der Waals surface area (Å²) in [6, 6.07) is 85.7. The van der Waals surface area contributed by atoms with Gasteiger partial charge in [-0.1, -0.05) is 170 Å². The van der Waals surface area contributed by atoms with Crippen LogP contribution in [0.15, 0.2) is 231 Å². The van der Waals surface area contributed by atoms with Crippen LogP contribution in [0.25, 0.3) is 54.6 Å². The predicted molar refractivity (Wildman–Crippen MR) is 274 cm³/mol. The second-order valence-corrected chi connectivity index (χ2v) is 17.7. The van der Waals surface area contributed by atoms with Crippen LogP contribution >= 0.6 is 0 Å². The van der Waals surface area contributed by atoms with Crippen molar-refractivity contribution in [3.63, 3.8) is 0 Å². The van der Waals surface area contributed by atoms with E-state index in [2.05, 4.69) is 254 Å². The number of fused-ring (bicyclic) bond motifs is 16. The van der Waals surface area contributed by atoms with Crippen molar-refractivity contribution in [1.82, 2.24) is 0 Å². The number of anilines is 6. The Balaban J connectivity index is 1.10. The Bertz CT molecular complexity index is 3520. The van der Waals surface area contributed by atoms with E-state index in [1.807, 2.05) is 0 Å². The largest absolute Gasteiger partial charge is 0.310 e. The van der Waals surface area contributed by atoms with Gasteiger partial charge in [0.2, 0.25) is 0 Å². The number of para-hydroxylation sites is 4. The van der Waals surface area contributed by atoms with Gasteiger partial charge in [-0.2, -0.15) is 0 Å². The first-order valence-corrected chi connectivity index (χ1v) is 22.7. The average Bonchev–Trinajstić information content (AvgIpc) is 3.84. The third-order valence-corrected chi connectivity index (χ3v) is 14.2. The number of hydrogen-bond acceptors (Lipinski definition) is 2. The fraction of sp³-hybridized carbons (Fsp3) is 0.0476. The minimum absolute atomic E-state index is 0.576. The molecule has 0 aromatic heterocycles. The number of nitrogens with zero attached hydrogens (tertiary/aromatic N) is 2. The van der Waals surface area contributed by atoms with Gasteiger partial charge in [-0.25, -0.2) is 0 Å². The van der Waals surface area contributed by atoms with Crippen molar-refractivity contribution in [3.8, 4) is 22.3 Å². The zero-order valence-corrected chi connectivity index (χ0v) is 36.3. The summed E-state index contributed by atoms with van der Waals surface area (Å²) in [6.45, 7) is 4.40. The van der Waals surface area contributed by atoms with Gasteiger partial charge < -0.3 is 9.80 Å². The number of benzene rings is 11. The van der Waals surface area contributed by atoms with E-state index in [9.17, 15) is 0 Å². The zero-order valence-electron chi connectivity index (χ0n) is 36.3. The normalized spacial score (nSPS) is 12.9. The summed E-state index contributed by atoms with van der Waals surface area (Å²) in [6.07, 6.45) is 0. The van der Waals surface area contributed by atoms with E-state index in [-0.39, 0.29) is 0 Å². The minimum Gasteiger partial charge on any atom is -0.310 e. The number of aryl methyl sites for hydroxylation is 2. The van der Waals surface area contributed by atoms with Crippen LogP contribution in [-0.4, -0.2) is 0 Å². The summed E-state index contributed by atoms with van der Waals surface area (Å²) in [7, 11) is 0. The Kier molecular flexibility index (Phi) is 8.29. The predicted octanol–water partition coefficient (Wildman–Crippen LogP) is 17.0. The molecule has 13 rings (SSSR count). The lowest BCUT2D eigenvalue weighted by Crippen LogP contribution is -2.26. The van der Waals surface area contributed by atoms with E-state index in [0.29, 0.717) is 0 Å². The van der Waals surface area contributed by atoms with Gasteiger partial charge in [0.15, 0.2) is 0 Å². The molecule has 306 valence electrons. The maximum absolute atomic E-state index is 2.45. The van der Waals surface area contributed by atoms with Gasteiger partial charge in [-0.05, 0) is 162 Å². The molecule has 0 aliphatic heterocycles. The smallest absolute Gasteiger partial charge is 0.0737 e. The first-order valence-electron chi connectivity index (χ1n) is 22.7. The molecule has 0 unspecified atom stereocenters. The second kappa shape index (κ2) is 14.4. The molecule has 11 aromatic carbocycles. The Morgan fingerprint density at radius 1 is 0.308 bits per heavy atom. The molecule has 2 aliphatic carbocycles. The van der Waals surface area contributed by atoms with Crippen LogP contribution in [0.5, 0.6) is 0 Å². The highest BCUT2D eigenvalue weighted by molar-refractivity contribution is 6.13. The van der Waals surface area contributed by atoms with E-state index < -0.39 is 5.41 Å². The van der Waals surface area contributed by atoms with Gasteiger partial charge in [0, 0.05) is 34.1 Å². The maximum atomic E-state index is 2.45. The molecule has 11 aromatic rings. The topological polar surface area (TPSA) is 6.48 Å². The molecular formula is C63H44N2. The molecule has 0 atom stereocenters. The summed E-state index contributed by atoms with van der Waals surface area (Å²) in [5.41, 5.74) is 19.4. The van der Waals surface area contributed by atoms with E-state index in [0.717, 1.165) is 22.7 Å². The average molecular weight is 829 g/mol. The van der Waals surface area contributed by atoms with Gasteiger partial charge >= 0.3 is 0 Å². The van der Waals surface area contributed by atoms with Crippen LogP contribution in [-0.2, 0) is 5.41 Å². The zero-order chi connectivity index (χ0) is 43.2. The van der Waals surface area contributed by atoms with Crippen molar-refractivity contribution in [2.45, 2.75) is 19.3 Å². The van der Waals surface area contributed by atoms with Crippen molar-refractivity contribution in [3.05, 3.63) is 264 Å². The molecule has 2 heteroatoms. The molecule has 65 heavy (non-hydrogen) atoms. The first-order chi connectivity index (χ1) is 32.1. The third-order valence-electron chi connectivity index (χ3n) is 14.2. The lowest BCUT2D eigenvalue weighted by atomic mass is 9.68. The molecule has 0 bridgehead atoms. The second-order valence-electron chi connectivity index (χ2n) is 17.7. The third kappa shape index (κ3) is 5.41. The Morgan fingerprint density at radius 3 is 1.35 bits per heavy atom. The molecule has 0 heterocycles. The highest BCUT2D eigenvalue weighted by Gasteiger charge is 2.53. The fourth-order valence-electron chi connectivity index (χ4n) is 11.5. The van der Waals surface area contributed by atoms with Crippen LogP contribution in [0.3, 0.4) is 0 Å². The Labute approximate surface area is 379 Å². The highest BCUT2D eigenvalue weighted by atomic mass is 15.1. The summed E-state index contributed by atoms with van der Waals surface area (Å²) in [5.74, 6) is 0.